The molecule has 2 N–H and O–H groups in total. The summed E-state index contributed by atoms with van der Waals surface area (Å²) in [6.07, 6.45) is 6.27. The first-order valence-electron chi connectivity index (χ1n) is 5.10. The highest BCUT2D eigenvalue weighted by atomic mass is 32.1. The largest absolute Gasteiger partial charge is 0.494 e. The van der Waals surface area contributed by atoms with Gasteiger partial charge in [-0.3, -0.25) is 19.3 Å². The van der Waals surface area contributed by atoms with Crippen molar-refractivity contribution >= 4 is 18.4 Å². The van der Waals surface area contributed by atoms with Gasteiger partial charge in [0.2, 0.25) is 5.88 Å². The second kappa shape index (κ2) is 6.74. The van der Waals surface area contributed by atoms with Crippen LogP contribution in [-0.2, 0) is 11.3 Å². The topological polar surface area (TPSA) is 79.6 Å². The second-order valence-corrected chi connectivity index (χ2v) is 3.70. The molecule has 0 aromatic carbocycles. The summed E-state index contributed by atoms with van der Waals surface area (Å²) in [5.41, 5.74) is -0.484. The van der Waals surface area contributed by atoms with Crippen molar-refractivity contribution in [3.63, 3.8) is 0 Å². The molecule has 1 rings (SSSR count). The van der Waals surface area contributed by atoms with Gasteiger partial charge in [0.15, 0.2) is 4.77 Å². The Bertz CT molecular complexity index is 595. The number of terminal acetylenes is 1. The third-order valence-electron chi connectivity index (χ3n) is 2.13. The van der Waals surface area contributed by atoms with Crippen LogP contribution >= 0.6 is 12.2 Å². The number of hydrogen-bond acceptors (Lipinski definition) is 5. The van der Waals surface area contributed by atoms with Crippen LogP contribution in [0.15, 0.2) is 9.79 Å². The van der Waals surface area contributed by atoms with Crippen molar-refractivity contribution in [2.75, 3.05) is 20.3 Å². The predicted octanol–water partition coefficient (Wildman–Crippen LogP) is 0.310. The summed E-state index contributed by atoms with van der Waals surface area (Å²) in [5.74, 6) is 2.05. The number of aromatic hydroxyl groups is 1. The number of hydrogen-bond donors (Lipinski definition) is 2. The van der Waals surface area contributed by atoms with Crippen LogP contribution in [0.1, 0.15) is 5.56 Å². The van der Waals surface area contributed by atoms with Gasteiger partial charge in [0.05, 0.1) is 19.7 Å². The third-order valence-corrected chi connectivity index (χ3v) is 2.45. The Morgan fingerprint density at radius 1 is 1.72 bits per heavy atom. The fourth-order valence-electron chi connectivity index (χ4n) is 1.27. The van der Waals surface area contributed by atoms with E-state index in [4.69, 9.17) is 23.4 Å². The van der Waals surface area contributed by atoms with Gasteiger partial charge in [-0.05, 0) is 12.2 Å². The van der Waals surface area contributed by atoms with Crippen LogP contribution in [0, 0.1) is 17.1 Å². The van der Waals surface area contributed by atoms with Crippen molar-refractivity contribution in [1.29, 1.82) is 0 Å². The Morgan fingerprint density at radius 2 is 2.44 bits per heavy atom. The molecule has 1 heterocycles. The summed E-state index contributed by atoms with van der Waals surface area (Å²) in [7, 11) is 1.53. The number of aromatic amines is 1. The lowest BCUT2D eigenvalue weighted by Gasteiger charge is -2.10. The Labute approximate surface area is 109 Å². The summed E-state index contributed by atoms with van der Waals surface area (Å²) in [5, 5.41) is 9.95. The van der Waals surface area contributed by atoms with Gasteiger partial charge in [0.25, 0.3) is 5.56 Å². The molecule has 0 unspecified atom stereocenters. The Hall–Kier alpha value is -1.91. The molecule has 6 nitrogen and oxygen atoms in total. The van der Waals surface area contributed by atoms with Crippen molar-refractivity contribution in [3.05, 3.63) is 20.7 Å². The average Bonchev–Trinajstić information content (AvgIpc) is 2.33. The zero-order valence-electron chi connectivity index (χ0n) is 9.84. The van der Waals surface area contributed by atoms with Gasteiger partial charge in [0, 0.05) is 13.3 Å². The van der Waals surface area contributed by atoms with Gasteiger partial charge in [0.1, 0.15) is 5.56 Å². The first-order chi connectivity index (χ1) is 8.61. The molecule has 7 heteroatoms. The smallest absolute Gasteiger partial charge is 0.264 e. The van der Waals surface area contributed by atoms with E-state index in [9.17, 15) is 9.90 Å². The Morgan fingerprint density at radius 3 is 3.06 bits per heavy atom. The molecule has 0 atom stereocenters. The lowest BCUT2D eigenvalue weighted by Crippen LogP contribution is -2.20. The van der Waals surface area contributed by atoms with E-state index in [2.05, 4.69) is 15.9 Å². The van der Waals surface area contributed by atoms with Crippen LogP contribution < -0.4 is 5.56 Å². The van der Waals surface area contributed by atoms with E-state index in [-0.39, 0.29) is 22.8 Å². The molecular weight excluding hydrogens is 254 g/mol. The van der Waals surface area contributed by atoms with Crippen LogP contribution in [0.2, 0.25) is 0 Å². The molecule has 1 aromatic heterocycles. The molecule has 0 aliphatic rings. The molecule has 0 spiro atoms. The van der Waals surface area contributed by atoms with Gasteiger partial charge in [-0.1, -0.05) is 5.92 Å². The van der Waals surface area contributed by atoms with Crippen molar-refractivity contribution in [2.24, 2.45) is 4.99 Å². The van der Waals surface area contributed by atoms with Gasteiger partial charge in [-0.15, -0.1) is 6.42 Å². The van der Waals surface area contributed by atoms with E-state index in [1.165, 1.54) is 17.9 Å². The molecule has 0 amide bonds. The number of rotatable bonds is 5. The van der Waals surface area contributed by atoms with Gasteiger partial charge >= 0.3 is 0 Å². The minimum Gasteiger partial charge on any atom is -0.494 e. The molecule has 18 heavy (non-hydrogen) atoms. The summed E-state index contributed by atoms with van der Waals surface area (Å²) >= 11 is 4.95. The maximum atomic E-state index is 11.6. The summed E-state index contributed by atoms with van der Waals surface area (Å²) in [6.45, 7) is 0.815. The lowest BCUT2D eigenvalue weighted by molar-refractivity contribution is 0.182. The number of H-pyrrole nitrogens is 1. The van der Waals surface area contributed by atoms with E-state index in [1.807, 2.05) is 0 Å². The lowest BCUT2D eigenvalue weighted by atomic mass is 10.3. The fourth-order valence-corrected chi connectivity index (χ4v) is 1.54. The van der Waals surface area contributed by atoms with E-state index in [0.717, 1.165) is 0 Å². The summed E-state index contributed by atoms with van der Waals surface area (Å²) in [4.78, 5) is 17.9. The molecular formula is C11H13N3O3S. The highest BCUT2D eigenvalue weighted by molar-refractivity contribution is 7.71. The molecule has 0 fully saturated rings. The zero-order chi connectivity index (χ0) is 13.5. The first-order valence-corrected chi connectivity index (χ1v) is 5.51. The van der Waals surface area contributed by atoms with E-state index in [1.54, 1.807) is 0 Å². The van der Waals surface area contributed by atoms with Gasteiger partial charge < -0.3 is 9.84 Å². The van der Waals surface area contributed by atoms with E-state index in [0.29, 0.717) is 13.2 Å². The average molecular weight is 267 g/mol. The van der Waals surface area contributed by atoms with Crippen LogP contribution in [-0.4, -0.2) is 41.1 Å². The molecule has 0 radical (unpaired) electrons. The summed E-state index contributed by atoms with van der Waals surface area (Å²) in [6, 6.07) is 0. The molecule has 96 valence electrons. The molecule has 0 saturated heterocycles. The van der Waals surface area contributed by atoms with Gasteiger partial charge in [-0.25, -0.2) is 0 Å². The van der Waals surface area contributed by atoms with Crippen LogP contribution in [0.5, 0.6) is 5.88 Å². The third kappa shape index (κ3) is 3.29. The van der Waals surface area contributed by atoms with E-state index >= 15 is 0 Å². The Balaban J connectivity index is 3.23. The molecule has 0 saturated carbocycles. The van der Waals surface area contributed by atoms with Crippen molar-refractivity contribution in [3.8, 4) is 18.2 Å². The van der Waals surface area contributed by atoms with Crippen LogP contribution in [0.3, 0.4) is 0 Å². The second-order valence-electron chi connectivity index (χ2n) is 3.31. The SMILES string of the molecule is C#CCN=Cc1c(O)n(CCOC)c(=S)[nH]c1=O. The standard InChI is InChI=1S/C11H13N3O3S/c1-3-4-12-7-8-9(15)13-11(18)14(10(8)16)5-6-17-2/h1,7,16H,4-6H2,2H3,(H,13,15,18). The normalized spacial score (nSPS) is 10.7. The number of methoxy groups -OCH3 is 1. The van der Waals surface area contributed by atoms with E-state index < -0.39 is 5.56 Å². The fraction of sp³-hybridized carbons (Fsp3) is 0.364. The number of nitrogens with one attached hydrogen (secondary N) is 1. The quantitative estimate of drug-likeness (QED) is 0.457. The maximum Gasteiger partial charge on any atom is 0.264 e. The highest BCUT2D eigenvalue weighted by Crippen LogP contribution is 2.10. The molecule has 0 aliphatic heterocycles. The monoisotopic (exact) mass is 267 g/mol. The highest BCUT2D eigenvalue weighted by Gasteiger charge is 2.10. The number of nitrogens with zero attached hydrogens (tertiary/aromatic N) is 2. The minimum absolute atomic E-state index is 0.0231. The zero-order valence-corrected chi connectivity index (χ0v) is 10.7. The van der Waals surface area contributed by atoms with Crippen molar-refractivity contribution < 1.29 is 9.84 Å². The molecule has 0 aliphatic carbocycles. The number of aliphatic imine (C=N–C) groups is 1. The predicted molar refractivity (Wildman–Crippen MR) is 70.7 cm³/mol. The number of ether oxygens (including phenoxy) is 1. The summed E-state index contributed by atoms with van der Waals surface area (Å²) < 4.78 is 6.38. The Kier molecular flexibility index (Phi) is 5.30. The van der Waals surface area contributed by atoms with Crippen molar-refractivity contribution in [1.82, 2.24) is 9.55 Å². The minimum atomic E-state index is -0.507. The molecule has 0 bridgehead atoms. The van der Waals surface area contributed by atoms with Crippen molar-refractivity contribution in [2.45, 2.75) is 6.54 Å². The molecule has 1 aromatic rings. The van der Waals surface area contributed by atoms with Crippen LogP contribution in [0.25, 0.3) is 0 Å². The first kappa shape index (κ1) is 14.2. The maximum absolute atomic E-state index is 11.6. The van der Waals surface area contributed by atoms with Crippen LogP contribution in [0.4, 0.5) is 0 Å². The van der Waals surface area contributed by atoms with Gasteiger partial charge in [-0.2, -0.15) is 0 Å². The number of aromatic nitrogens is 2.